The van der Waals surface area contributed by atoms with Crippen molar-refractivity contribution in [1.29, 1.82) is 0 Å². The van der Waals surface area contributed by atoms with Gasteiger partial charge in [-0.25, -0.2) is 9.59 Å². The van der Waals surface area contributed by atoms with E-state index in [1.807, 2.05) is 42.5 Å². The molecule has 8 nitrogen and oxygen atoms in total. The van der Waals surface area contributed by atoms with Gasteiger partial charge >= 0.3 is 12.1 Å². The maximum absolute atomic E-state index is 12.6. The van der Waals surface area contributed by atoms with Crippen LogP contribution in [0, 0.1) is 10.1 Å². The second-order valence-electron chi connectivity index (χ2n) is 7.62. The van der Waals surface area contributed by atoms with Gasteiger partial charge in [0.2, 0.25) is 0 Å². The molecule has 1 unspecified atom stereocenters. The molecular weight excluding hydrogens is 412 g/mol. The Labute approximate surface area is 184 Å². The number of non-ortho nitro benzene ring substituents is 1. The predicted molar refractivity (Wildman–Crippen MR) is 117 cm³/mol. The molecule has 1 heterocycles. The van der Waals surface area contributed by atoms with E-state index in [1.165, 1.54) is 29.2 Å². The Morgan fingerprint density at radius 3 is 2.38 bits per heavy atom. The number of likely N-dealkylation sites (tertiary alicyclic amines) is 1. The van der Waals surface area contributed by atoms with Gasteiger partial charge in [0.1, 0.15) is 19.3 Å². The highest BCUT2D eigenvalue weighted by Crippen LogP contribution is 2.22. The SMILES string of the molecule is O=C(OCc1ccc([N+](=O)[O-])cc1)C1CCCN1C(=O)OCc1ccc2ccccc2c1. The van der Waals surface area contributed by atoms with Gasteiger partial charge in [0.25, 0.3) is 5.69 Å². The van der Waals surface area contributed by atoms with E-state index in [4.69, 9.17) is 9.47 Å². The van der Waals surface area contributed by atoms with Gasteiger partial charge in [0.15, 0.2) is 0 Å². The van der Waals surface area contributed by atoms with Crippen molar-refractivity contribution in [2.75, 3.05) is 6.54 Å². The zero-order chi connectivity index (χ0) is 22.5. The zero-order valence-electron chi connectivity index (χ0n) is 17.3. The lowest BCUT2D eigenvalue weighted by atomic mass is 10.1. The van der Waals surface area contributed by atoms with Gasteiger partial charge in [-0.3, -0.25) is 15.0 Å². The molecule has 32 heavy (non-hydrogen) atoms. The number of fused-ring (bicyclic) bond motifs is 1. The first-order chi connectivity index (χ1) is 15.5. The summed E-state index contributed by atoms with van der Waals surface area (Å²) in [5.41, 5.74) is 1.47. The van der Waals surface area contributed by atoms with Crippen LogP contribution in [-0.2, 0) is 27.5 Å². The van der Waals surface area contributed by atoms with Crippen molar-refractivity contribution in [3.05, 3.63) is 88.0 Å². The number of hydrogen-bond acceptors (Lipinski definition) is 6. The zero-order valence-corrected chi connectivity index (χ0v) is 17.3. The molecule has 3 aromatic rings. The third-order valence-electron chi connectivity index (χ3n) is 5.46. The van der Waals surface area contributed by atoms with Crippen molar-refractivity contribution in [1.82, 2.24) is 4.90 Å². The molecule has 0 radical (unpaired) electrons. The maximum Gasteiger partial charge on any atom is 0.410 e. The van der Waals surface area contributed by atoms with E-state index in [2.05, 4.69) is 0 Å². The number of rotatable bonds is 6. The summed E-state index contributed by atoms with van der Waals surface area (Å²) in [7, 11) is 0. The fraction of sp³-hybridized carbons (Fsp3) is 0.250. The number of nitro benzene ring substituents is 1. The number of benzene rings is 3. The molecule has 3 aromatic carbocycles. The Balaban J connectivity index is 1.31. The van der Waals surface area contributed by atoms with Gasteiger partial charge in [-0.05, 0) is 52.9 Å². The number of carbonyl (C=O) groups excluding carboxylic acids is 2. The average molecular weight is 434 g/mol. The highest BCUT2D eigenvalue weighted by molar-refractivity contribution is 5.83. The molecule has 1 fully saturated rings. The molecule has 4 rings (SSSR count). The summed E-state index contributed by atoms with van der Waals surface area (Å²) in [5.74, 6) is -0.511. The summed E-state index contributed by atoms with van der Waals surface area (Å²) in [6.07, 6.45) is 0.639. The van der Waals surface area contributed by atoms with Crippen molar-refractivity contribution in [3.63, 3.8) is 0 Å². The molecule has 1 atom stereocenters. The van der Waals surface area contributed by atoms with Crippen molar-refractivity contribution in [2.24, 2.45) is 0 Å². The van der Waals surface area contributed by atoms with Crippen molar-refractivity contribution in [3.8, 4) is 0 Å². The van der Waals surface area contributed by atoms with E-state index in [0.29, 0.717) is 24.9 Å². The molecule has 1 amide bonds. The number of nitrogens with zero attached hydrogens (tertiary/aromatic N) is 2. The third-order valence-corrected chi connectivity index (χ3v) is 5.46. The highest BCUT2D eigenvalue weighted by atomic mass is 16.6. The van der Waals surface area contributed by atoms with Crippen LogP contribution < -0.4 is 0 Å². The van der Waals surface area contributed by atoms with Crippen molar-refractivity contribution in [2.45, 2.75) is 32.1 Å². The normalized spacial score (nSPS) is 15.5. The van der Waals surface area contributed by atoms with E-state index in [9.17, 15) is 19.7 Å². The van der Waals surface area contributed by atoms with E-state index in [0.717, 1.165) is 16.3 Å². The number of amides is 1. The molecule has 0 N–H and O–H groups in total. The van der Waals surface area contributed by atoms with Gasteiger partial charge in [-0.1, -0.05) is 36.4 Å². The first kappa shape index (κ1) is 21.3. The molecule has 1 aliphatic heterocycles. The molecule has 0 saturated carbocycles. The molecule has 1 aliphatic rings. The van der Waals surface area contributed by atoms with E-state index < -0.39 is 23.0 Å². The van der Waals surface area contributed by atoms with Crippen molar-refractivity contribution < 1.29 is 24.0 Å². The van der Waals surface area contributed by atoms with Gasteiger partial charge < -0.3 is 9.47 Å². The second-order valence-corrected chi connectivity index (χ2v) is 7.62. The van der Waals surface area contributed by atoms with Crippen LogP contribution >= 0.6 is 0 Å². The minimum atomic E-state index is -0.697. The number of nitro groups is 1. The van der Waals surface area contributed by atoms with Crippen LogP contribution in [0.5, 0.6) is 0 Å². The van der Waals surface area contributed by atoms with Crippen LogP contribution in [0.25, 0.3) is 10.8 Å². The Morgan fingerprint density at radius 1 is 0.938 bits per heavy atom. The summed E-state index contributed by atoms with van der Waals surface area (Å²) >= 11 is 0. The highest BCUT2D eigenvalue weighted by Gasteiger charge is 2.36. The lowest BCUT2D eigenvalue weighted by Gasteiger charge is -2.22. The molecule has 164 valence electrons. The summed E-state index contributed by atoms with van der Waals surface area (Å²) in [4.78, 5) is 36.8. The number of ether oxygens (including phenoxy) is 2. The smallest absolute Gasteiger partial charge is 0.410 e. The molecule has 1 saturated heterocycles. The molecular formula is C24H22N2O6. The number of hydrogen-bond donors (Lipinski definition) is 0. The van der Waals surface area contributed by atoms with Crippen LogP contribution in [0.2, 0.25) is 0 Å². The summed E-state index contributed by atoms with van der Waals surface area (Å²) in [6, 6.07) is 18.9. The summed E-state index contributed by atoms with van der Waals surface area (Å²) < 4.78 is 10.8. The number of esters is 1. The van der Waals surface area contributed by atoms with Crippen molar-refractivity contribution >= 4 is 28.5 Å². The van der Waals surface area contributed by atoms with Gasteiger partial charge in [-0.2, -0.15) is 0 Å². The van der Waals surface area contributed by atoms with Gasteiger partial charge in [0, 0.05) is 18.7 Å². The van der Waals surface area contributed by atoms with Crippen LogP contribution in [0.3, 0.4) is 0 Å². The Kier molecular flexibility index (Phi) is 6.30. The van der Waals surface area contributed by atoms with Crippen LogP contribution in [0.15, 0.2) is 66.7 Å². The maximum atomic E-state index is 12.6. The van der Waals surface area contributed by atoms with Gasteiger partial charge in [0.05, 0.1) is 4.92 Å². The molecule has 0 aromatic heterocycles. The standard InChI is InChI=1S/C24H22N2O6/c27-23(31-15-17-8-11-21(12-9-17)26(29)30)22-6-3-13-25(22)24(28)32-16-18-7-10-19-4-1-2-5-20(19)14-18/h1-2,4-5,7-12,14,22H,3,6,13,15-16H2. The largest absolute Gasteiger partial charge is 0.459 e. The molecule has 0 bridgehead atoms. The van der Waals surface area contributed by atoms with Crippen LogP contribution in [-0.4, -0.2) is 34.5 Å². The summed E-state index contributed by atoms with van der Waals surface area (Å²) in [5, 5.41) is 12.9. The molecule has 0 aliphatic carbocycles. The second kappa shape index (κ2) is 9.47. The lowest BCUT2D eigenvalue weighted by molar-refractivity contribution is -0.384. The summed E-state index contributed by atoms with van der Waals surface area (Å²) in [6.45, 7) is 0.520. The monoisotopic (exact) mass is 434 g/mol. The van der Waals surface area contributed by atoms with Gasteiger partial charge in [-0.15, -0.1) is 0 Å². The predicted octanol–water partition coefficient (Wildman–Crippen LogP) is 4.59. The number of carbonyl (C=O) groups is 2. The average Bonchev–Trinajstić information content (AvgIpc) is 3.31. The molecule has 8 heteroatoms. The van der Waals surface area contributed by atoms with Crippen LogP contribution in [0.4, 0.5) is 10.5 Å². The lowest BCUT2D eigenvalue weighted by Crippen LogP contribution is -2.41. The quantitative estimate of drug-likeness (QED) is 0.320. The Morgan fingerprint density at radius 2 is 1.62 bits per heavy atom. The fourth-order valence-electron chi connectivity index (χ4n) is 3.75. The fourth-order valence-corrected chi connectivity index (χ4v) is 3.75. The topological polar surface area (TPSA) is 99.0 Å². The van der Waals surface area contributed by atoms with E-state index >= 15 is 0 Å². The first-order valence-electron chi connectivity index (χ1n) is 10.3. The minimum Gasteiger partial charge on any atom is -0.459 e. The Bertz CT molecular complexity index is 1140. The minimum absolute atomic E-state index is 0.0205. The first-order valence-corrected chi connectivity index (χ1v) is 10.3. The third kappa shape index (κ3) is 4.85. The Hall–Kier alpha value is -3.94. The molecule has 0 spiro atoms. The van der Waals surface area contributed by atoms with E-state index in [1.54, 1.807) is 0 Å². The van der Waals surface area contributed by atoms with E-state index in [-0.39, 0.29) is 18.9 Å². The van der Waals surface area contributed by atoms with Crippen LogP contribution in [0.1, 0.15) is 24.0 Å².